The molecule has 3 aromatic heterocycles. The first kappa shape index (κ1) is 21.1. The molecular formula is C25H27N7O5. The largest absolute Gasteiger partial charge is 0.387 e. The molecule has 0 bridgehead atoms. The zero-order chi connectivity index (χ0) is 28.4. The highest BCUT2D eigenvalue weighted by atomic mass is 16.6. The van der Waals surface area contributed by atoms with E-state index in [9.17, 15) is 15.0 Å². The number of aliphatic hydroxyl groups excluding tert-OH is 2. The van der Waals surface area contributed by atoms with Crippen LogP contribution in [0.3, 0.4) is 0 Å². The average molecular weight is 509 g/mol. The Labute approximate surface area is 216 Å². The maximum absolute atomic E-state index is 12.4. The highest BCUT2D eigenvalue weighted by molar-refractivity contribution is 5.85. The molecule has 1 aliphatic heterocycles. The van der Waals surface area contributed by atoms with Gasteiger partial charge < -0.3 is 30.3 Å². The Bertz CT molecular complexity index is 1500. The molecule has 1 amide bonds. The third kappa shape index (κ3) is 4.87. The molecule has 4 heterocycles. The van der Waals surface area contributed by atoms with Gasteiger partial charge in [0.2, 0.25) is 0 Å². The van der Waals surface area contributed by atoms with Crippen LogP contribution in [0.25, 0.3) is 22.6 Å². The highest BCUT2D eigenvalue weighted by Gasteiger charge is 2.47. The lowest BCUT2D eigenvalue weighted by molar-refractivity contribution is -0.137. The Morgan fingerprint density at radius 1 is 1.19 bits per heavy atom. The van der Waals surface area contributed by atoms with Gasteiger partial charge in [0, 0.05) is 42.7 Å². The number of anilines is 1. The first-order chi connectivity index (χ1) is 19.1. The molecule has 1 fully saturated rings. The topological polar surface area (TPSA) is 157 Å². The lowest BCUT2D eigenvalue weighted by atomic mass is 10.1. The maximum Gasteiger partial charge on any atom is 0.251 e. The lowest BCUT2D eigenvalue weighted by Gasteiger charge is -2.17. The molecule has 192 valence electrons. The summed E-state index contributed by atoms with van der Waals surface area (Å²) < 4.78 is 34.0. The summed E-state index contributed by atoms with van der Waals surface area (Å²) in [6.07, 6.45) is -1.60. The standard InChI is InChI=1S/C25H27N7O5/c1-26-24(35)20-18(33)19(34)25(37-20)32-13-29-17-22(28-10-14-6-4-3-5-7-14)30-21(31-23(17)32)16-8-15(12-36-2)9-27-11-16/h3-9,11,13,18-20,25,33-34H,10,12H2,1-2H3,(H,26,35)(H,28,30,31)/t18-,19+,20-,25+/m0/s1/i1D3. The van der Waals surface area contributed by atoms with Crippen LogP contribution >= 0.6 is 0 Å². The summed E-state index contributed by atoms with van der Waals surface area (Å²) in [5, 5.41) is 26.4. The number of aliphatic hydroxyl groups is 2. The Morgan fingerprint density at radius 3 is 2.81 bits per heavy atom. The maximum atomic E-state index is 12.4. The van der Waals surface area contributed by atoms with Crippen molar-refractivity contribution in [3.63, 3.8) is 0 Å². The van der Waals surface area contributed by atoms with E-state index < -0.39 is 37.4 Å². The van der Waals surface area contributed by atoms with Gasteiger partial charge in [0.25, 0.3) is 5.91 Å². The number of benzene rings is 1. The molecule has 4 N–H and O–H groups in total. The normalized spacial score (nSPS) is 22.8. The molecule has 5 rings (SSSR count). The van der Waals surface area contributed by atoms with E-state index in [-0.39, 0.29) is 5.65 Å². The molecule has 4 aromatic rings. The van der Waals surface area contributed by atoms with Crippen molar-refractivity contribution >= 4 is 22.9 Å². The molecular weight excluding hydrogens is 478 g/mol. The molecule has 12 heteroatoms. The third-order valence-corrected chi connectivity index (χ3v) is 5.98. The molecule has 0 saturated carbocycles. The third-order valence-electron chi connectivity index (χ3n) is 5.98. The zero-order valence-electron chi connectivity index (χ0n) is 22.8. The summed E-state index contributed by atoms with van der Waals surface area (Å²) in [4.78, 5) is 30.5. The van der Waals surface area contributed by atoms with Crippen LogP contribution in [0.15, 0.2) is 55.1 Å². The summed E-state index contributed by atoms with van der Waals surface area (Å²) in [5.74, 6) is -0.399. The number of hydrogen-bond donors (Lipinski definition) is 4. The minimum absolute atomic E-state index is 0.242. The van der Waals surface area contributed by atoms with Crippen LogP contribution in [0.4, 0.5) is 5.82 Å². The number of methoxy groups -OCH3 is 1. The summed E-state index contributed by atoms with van der Waals surface area (Å²) in [6, 6.07) is 11.5. The van der Waals surface area contributed by atoms with Crippen LogP contribution in [0, 0.1) is 0 Å². The second-order valence-electron chi connectivity index (χ2n) is 8.49. The fraction of sp³-hybridized carbons (Fsp3) is 0.320. The lowest BCUT2D eigenvalue weighted by Crippen LogP contribution is -2.41. The van der Waals surface area contributed by atoms with Crippen molar-refractivity contribution in [3.05, 3.63) is 66.2 Å². The van der Waals surface area contributed by atoms with E-state index in [4.69, 9.17) is 13.6 Å². The smallest absolute Gasteiger partial charge is 0.251 e. The quantitative estimate of drug-likeness (QED) is 0.271. The summed E-state index contributed by atoms with van der Waals surface area (Å²) in [6.45, 7) is -2.03. The number of rotatable bonds is 8. The predicted molar refractivity (Wildman–Crippen MR) is 133 cm³/mol. The van der Waals surface area contributed by atoms with Gasteiger partial charge in [0.1, 0.15) is 12.2 Å². The van der Waals surface area contributed by atoms with Gasteiger partial charge in [-0.2, -0.15) is 0 Å². The number of imidazole rings is 1. The molecule has 1 saturated heterocycles. The molecule has 1 aromatic carbocycles. The Morgan fingerprint density at radius 2 is 2.03 bits per heavy atom. The number of likely N-dealkylation sites (N-methyl/N-ethyl adjacent to an activating group) is 1. The molecule has 0 aliphatic carbocycles. The van der Waals surface area contributed by atoms with Crippen LogP contribution in [0.1, 0.15) is 21.5 Å². The number of nitrogens with one attached hydrogen (secondary N) is 2. The summed E-state index contributed by atoms with van der Waals surface area (Å²) in [5.41, 5.74) is 2.98. The minimum atomic E-state index is -2.79. The van der Waals surface area contributed by atoms with E-state index in [2.05, 4.69) is 25.3 Å². The fourth-order valence-corrected chi connectivity index (χ4v) is 4.17. The van der Waals surface area contributed by atoms with Crippen molar-refractivity contribution in [1.29, 1.82) is 0 Å². The van der Waals surface area contributed by atoms with Gasteiger partial charge in [-0.05, 0) is 17.2 Å². The SMILES string of the molecule is [2H]C([2H])([2H])NC(=O)[C@H]1O[C@@H](n2cnc3c(NCc4ccccc4)nc(-c4cncc(COC)c4)nc32)[C@H](O)[C@@H]1O. The van der Waals surface area contributed by atoms with Gasteiger partial charge in [-0.3, -0.25) is 14.3 Å². The van der Waals surface area contributed by atoms with Crippen molar-refractivity contribution in [2.24, 2.45) is 0 Å². The zero-order valence-corrected chi connectivity index (χ0v) is 19.8. The van der Waals surface area contributed by atoms with E-state index in [0.29, 0.717) is 35.9 Å². The molecule has 0 unspecified atom stereocenters. The number of nitrogens with zero attached hydrogens (tertiary/aromatic N) is 5. The van der Waals surface area contributed by atoms with Crippen molar-refractivity contribution < 1.29 is 28.6 Å². The summed E-state index contributed by atoms with van der Waals surface area (Å²) in [7, 11) is 1.58. The van der Waals surface area contributed by atoms with Gasteiger partial charge in [-0.15, -0.1) is 0 Å². The molecule has 12 nitrogen and oxygen atoms in total. The van der Waals surface area contributed by atoms with Crippen LogP contribution < -0.4 is 10.6 Å². The minimum Gasteiger partial charge on any atom is -0.387 e. The first-order valence-corrected chi connectivity index (χ1v) is 11.4. The summed E-state index contributed by atoms with van der Waals surface area (Å²) >= 11 is 0. The van der Waals surface area contributed by atoms with E-state index in [1.54, 1.807) is 24.8 Å². The second kappa shape index (κ2) is 10.6. The number of aromatic nitrogens is 5. The van der Waals surface area contributed by atoms with Crippen LogP contribution in [-0.2, 0) is 27.4 Å². The van der Waals surface area contributed by atoms with Gasteiger partial charge >= 0.3 is 0 Å². The van der Waals surface area contributed by atoms with E-state index in [0.717, 1.165) is 11.1 Å². The number of pyridine rings is 1. The van der Waals surface area contributed by atoms with Gasteiger partial charge in [0.05, 0.1) is 12.9 Å². The Balaban J connectivity index is 1.55. The Hall–Kier alpha value is -3.97. The average Bonchev–Trinajstić information content (AvgIpc) is 3.48. The molecule has 0 spiro atoms. The molecule has 4 atom stereocenters. The number of carbonyl (C=O) groups is 1. The van der Waals surface area contributed by atoms with Crippen molar-refractivity contribution in [3.8, 4) is 11.4 Å². The van der Waals surface area contributed by atoms with E-state index in [1.165, 1.54) is 10.9 Å². The second-order valence-corrected chi connectivity index (χ2v) is 8.49. The number of amides is 1. The van der Waals surface area contributed by atoms with Gasteiger partial charge in [0.15, 0.2) is 35.1 Å². The van der Waals surface area contributed by atoms with Crippen molar-refractivity contribution in [1.82, 2.24) is 29.8 Å². The number of fused-ring (bicyclic) bond motifs is 1. The first-order valence-electron chi connectivity index (χ1n) is 12.9. The van der Waals surface area contributed by atoms with Crippen LogP contribution in [0.2, 0.25) is 0 Å². The number of carbonyl (C=O) groups excluding carboxylic acids is 1. The predicted octanol–water partition coefficient (Wildman–Crippen LogP) is 1.01. The highest BCUT2D eigenvalue weighted by Crippen LogP contribution is 2.33. The van der Waals surface area contributed by atoms with E-state index >= 15 is 0 Å². The molecule has 37 heavy (non-hydrogen) atoms. The number of hydrogen-bond acceptors (Lipinski definition) is 10. The van der Waals surface area contributed by atoms with Crippen LogP contribution in [-0.4, -0.2) is 73.0 Å². The molecule has 1 aliphatic rings. The van der Waals surface area contributed by atoms with E-state index in [1.807, 2.05) is 36.4 Å². The van der Waals surface area contributed by atoms with Crippen molar-refractivity contribution in [2.75, 3.05) is 19.4 Å². The Kier molecular flexibility index (Phi) is 6.04. The van der Waals surface area contributed by atoms with Gasteiger partial charge in [-0.1, -0.05) is 30.3 Å². The van der Waals surface area contributed by atoms with Crippen molar-refractivity contribution in [2.45, 2.75) is 37.7 Å². The van der Waals surface area contributed by atoms with Gasteiger partial charge in [-0.25, -0.2) is 15.0 Å². The molecule has 0 radical (unpaired) electrons. The fourth-order valence-electron chi connectivity index (χ4n) is 4.17. The van der Waals surface area contributed by atoms with Crippen LogP contribution in [0.5, 0.6) is 0 Å². The number of ether oxygens (including phenoxy) is 2. The monoisotopic (exact) mass is 508 g/mol.